The molecule has 10 heteroatoms. The Labute approximate surface area is 175 Å². The molecule has 0 aliphatic rings. The minimum atomic E-state index is -0.766. The van der Waals surface area contributed by atoms with E-state index in [0.717, 1.165) is 17.7 Å². The number of anilines is 1. The maximum absolute atomic E-state index is 13.3. The van der Waals surface area contributed by atoms with Gasteiger partial charge in [0.05, 0.1) is 27.2 Å². The zero-order chi connectivity index (χ0) is 21.8. The van der Waals surface area contributed by atoms with Crippen molar-refractivity contribution in [1.29, 1.82) is 0 Å². The van der Waals surface area contributed by atoms with Gasteiger partial charge in [-0.15, -0.1) is 17.9 Å². The summed E-state index contributed by atoms with van der Waals surface area (Å²) >= 11 is 1.22. The third-order valence-corrected chi connectivity index (χ3v) is 5.22. The van der Waals surface area contributed by atoms with Crippen molar-refractivity contribution in [2.24, 2.45) is 0 Å². The number of carbonyl (C=O) groups excluding carboxylic acids is 1. The second-order valence-electron chi connectivity index (χ2n) is 6.24. The Bertz CT molecular complexity index is 1140. The molecule has 0 N–H and O–H groups in total. The van der Waals surface area contributed by atoms with Gasteiger partial charge in [-0.3, -0.25) is 29.9 Å². The van der Waals surface area contributed by atoms with Gasteiger partial charge in [-0.05, 0) is 6.92 Å². The smallest absolute Gasteiger partial charge is 0.279 e. The largest absolute Gasteiger partial charge is 0.280 e. The molecule has 0 saturated heterocycles. The van der Waals surface area contributed by atoms with Crippen LogP contribution < -0.4 is 4.90 Å². The highest BCUT2D eigenvalue weighted by Crippen LogP contribution is 2.32. The van der Waals surface area contributed by atoms with Gasteiger partial charge >= 0.3 is 0 Å². The number of amides is 1. The molecule has 152 valence electrons. The number of nitro groups is 2. The van der Waals surface area contributed by atoms with E-state index in [-0.39, 0.29) is 17.7 Å². The second kappa shape index (κ2) is 8.62. The van der Waals surface area contributed by atoms with E-state index >= 15 is 0 Å². The van der Waals surface area contributed by atoms with Gasteiger partial charge in [0.15, 0.2) is 5.13 Å². The summed E-state index contributed by atoms with van der Waals surface area (Å²) in [6.45, 7) is 5.11. The molecule has 3 aromatic rings. The fourth-order valence-electron chi connectivity index (χ4n) is 2.85. The van der Waals surface area contributed by atoms with Gasteiger partial charge in [0.2, 0.25) is 0 Å². The lowest BCUT2D eigenvalue weighted by atomic mass is 10.0. The maximum atomic E-state index is 13.3. The number of hydrogen-bond acceptors (Lipinski definition) is 7. The molecule has 0 unspecified atom stereocenters. The first-order chi connectivity index (χ1) is 14.3. The van der Waals surface area contributed by atoms with Crippen LogP contribution >= 0.6 is 11.3 Å². The zero-order valence-corrected chi connectivity index (χ0v) is 16.7. The molecular formula is C20H16N4O5S. The number of nitro benzene ring substituents is 2. The molecule has 3 rings (SSSR count). The van der Waals surface area contributed by atoms with Crippen LogP contribution in [0.4, 0.5) is 16.5 Å². The second-order valence-corrected chi connectivity index (χ2v) is 7.07. The molecule has 0 aliphatic heterocycles. The van der Waals surface area contributed by atoms with Gasteiger partial charge in [-0.25, -0.2) is 4.98 Å². The first-order valence-corrected chi connectivity index (χ1v) is 9.58. The van der Waals surface area contributed by atoms with Gasteiger partial charge in [0.25, 0.3) is 17.3 Å². The molecule has 1 amide bonds. The number of nitrogens with zero attached hydrogens (tertiary/aromatic N) is 4. The predicted molar refractivity (Wildman–Crippen MR) is 114 cm³/mol. The van der Waals surface area contributed by atoms with Crippen LogP contribution in [0.2, 0.25) is 0 Å². The van der Waals surface area contributed by atoms with Gasteiger partial charge in [-0.2, -0.15) is 0 Å². The third kappa shape index (κ3) is 4.08. The van der Waals surface area contributed by atoms with E-state index in [4.69, 9.17) is 0 Å². The molecule has 0 fully saturated rings. The van der Waals surface area contributed by atoms with Crippen molar-refractivity contribution in [3.8, 4) is 11.3 Å². The number of benzene rings is 2. The molecule has 9 nitrogen and oxygen atoms in total. The first kappa shape index (κ1) is 20.8. The third-order valence-electron chi connectivity index (χ3n) is 4.35. The number of aromatic nitrogens is 1. The minimum Gasteiger partial charge on any atom is -0.280 e. The Balaban J connectivity index is 2.07. The summed E-state index contributed by atoms with van der Waals surface area (Å²) in [6.07, 6.45) is 1.49. The molecule has 30 heavy (non-hydrogen) atoms. The van der Waals surface area contributed by atoms with Crippen molar-refractivity contribution < 1.29 is 14.6 Å². The minimum absolute atomic E-state index is 0.0458. The normalized spacial score (nSPS) is 10.4. The molecule has 1 heterocycles. The summed E-state index contributed by atoms with van der Waals surface area (Å²) in [7, 11) is 0. The fourth-order valence-corrected chi connectivity index (χ4v) is 3.69. The lowest BCUT2D eigenvalue weighted by Gasteiger charge is -2.19. The fraction of sp³-hybridized carbons (Fsp3) is 0.100. The van der Waals surface area contributed by atoms with E-state index in [1.54, 1.807) is 5.38 Å². The van der Waals surface area contributed by atoms with Crippen molar-refractivity contribution in [3.05, 3.63) is 91.9 Å². The van der Waals surface area contributed by atoms with Crippen LogP contribution in [0.25, 0.3) is 11.3 Å². The maximum Gasteiger partial charge on any atom is 0.279 e. The number of carbonyl (C=O) groups is 1. The van der Waals surface area contributed by atoms with Crippen LogP contribution in [0.5, 0.6) is 0 Å². The number of rotatable bonds is 7. The highest BCUT2D eigenvalue weighted by atomic mass is 32.1. The standard InChI is InChI=1S/C20H16N4O5S/c1-3-9-22(20-21-17(12-30-20)14-7-5-4-6-8-14)19(25)16-10-15(23(26)27)11-18(13(16)2)24(28)29/h3-8,10-12H,1,9H2,2H3. The van der Waals surface area contributed by atoms with Crippen molar-refractivity contribution in [2.45, 2.75) is 6.92 Å². The zero-order valence-electron chi connectivity index (χ0n) is 15.8. The Hall–Kier alpha value is -3.92. The van der Waals surface area contributed by atoms with Crippen LogP contribution in [0.15, 0.2) is 60.5 Å². The van der Waals surface area contributed by atoms with Crippen molar-refractivity contribution in [1.82, 2.24) is 4.98 Å². The summed E-state index contributed by atoms with van der Waals surface area (Å²) in [5, 5.41) is 24.7. The lowest BCUT2D eigenvalue weighted by Crippen LogP contribution is -2.31. The molecule has 0 spiro atoms. The van der Waals surface area contributed by atoms with Gasteiger partial charge in [0, 0.05) is 29.1 Å². The van der Waals surface area contributed by atoms with Crippen LogP contribution in [0, 0.1) is 27.2 Å². The topological polar surface area (TPSA) is 119 Å². The molecule has 0 bridgehead atoms. The monoisotopic (exact) mass is 424 g/mol. The Morgan fingerprint density at radius 1 is 1.20 bits per heavy atom. The number of non-ortho nitro benzene ring substituents is 1. The van der Waals surface area contributed by atoms with Crippen molar-refractivity contribution >= 4 is 33.8 Å². The summed E-state index contributed by atoms with van der Waals surface area (Å²) in [4.78, 5) is 40.1. The summed E-state index contributed by atoms with van der Waals surface area (Å²) in [5.74, 6) is -0.631. The molecule has 1 aromatic heterocycles. The molecule has 0 saturated carbocycles. The quantitative estimate of drug-likeness (QED) is 0.306. The van der Waals surface area contributed by atoms with E-state index in [2.05, 4.69) is 11.6 Å². The first-order valence-electron chi connectivity index (χ1n) is 8.70. The summed E-state index contributed by atoms with van der Waals surface area (Å²) in [6, 6.07) is 11.3. The average Bonchev–Trinajstić information content (AvgIpc) is 3.21. The molecule has 2 aromatic carbocycles. The van der Waals surface area contributed by atoms with E-state index in [9.17, 15) is 25.0 Å². The van der Waals surface area contributed by atoms with Gasteiger partial charge in [0.1, 0.15) is 0 Å². The lowest BCUT2D eigenvalue weighted by molar-refractivity contribution is -0.394. The Kier molecular flexibility index (Phi) is 5.98. The van der Waals surface area contributed by atoms with Crippen LogP contribution in [-0.2, 0) is 0 Å². The highest BCUT2D eigenvalue weighted by molar-refractivity contribution is 7.14. The van der Waals surface area contributed by atoms with Gasteiger partial charge < -0.3 is 0 Å². The number of hydrogen-bond donors (Lipinski definition) is 0. The molecule has 0 radical (unpaired) electrons. The summed E-state index contributed by atoms with van der Waals surface area (Å²) in [5.41, 5.74) is 0.430. The average molecular weight is 424 g/mol. The van der Waals surface area contributed by atoms with Gasteiger partial charge in [-0.1, -0.05) is 36.4 Å². The van der Waals surface area contributed by atoms with E-state index < -0.39 is 27.1 Å². The van der Waals surface area contributed by atoms with Crippen LogP contribution in [0.1, 0.15) is 15.9 Å². The Morgan fingerprint density at radius 2 is 1.90 bits per heavy atom. The molecular weight excluding hydrogens is 408 g/mol. The van der Waals surface area contributed by atoms with E-state index in [1.807, 2.05) is 30.3 Å². The van der Waals surface area contributed by atoms with Crippen molar-refractivity contribution in [3.63, 3.8) is 0 Å². The van der Waals surface area contributed by atoms with Crippen molar-refractivity contribution in [2.75, 3.05) is 11.4 Å². The van der Waals surface area contributed by atoms with Crippen LogP contribution in [0.3, 0.4) is 0 Å². The highest BCUT2D eigenvalue weighted by Gasteiger charge is 2.28. The summed E-state index contributed by atoms with van der Waals surface area (Å²) < 4.78 is 0. The van der Waals surface area contributed by atoms with E-state index in [0.29, 0.717) is 10.8 Å². The Morgan fingerprint density at radius 3 is 2.50 bits per heavy atom. The van der Waals surface area contributed by atoms with Crippen LogP contribution in [-0.4, -0.2) is 27.3 Å². The molecule has 0 aliphatic carbocycles. The number of thiazole rings is 1. The molecule has 0 atom stereocenters. The SMILES string of the molecule is C=CCN(C(=O)c1cc([N+](=O)[O-])cc([N+](=O)[O-])c1C)c1nc(-c2ccccc2)cs1. The predicted octanol–water partition coefficient (Wildman–Crippen LogP) is 4.77. The van der Waals surface area contributed by atoms with E-state index in [1.165, 1.54) is 29.2 Å².